The summed E-state index contributed by atoms with van der Waals surface area (Å²) in [5.74, 6) is 0.176. The SMILES string of the molecule is CC(C)(C)C(=O)N1CCCc2cc([C@H](O)CN3CCCCC3)ccc21. The average Bonchev–Trinajstić information content (AvgIpc) is 2.60. The molecule has 4 nitrogen and oxygen atoms in total. The maximum absolute atomic E-state index is 12.7. The number of amides is 1. The van der Waals surface area contributed by atoms with Crippen LogP contribution < -0.4 is 4.90 Å². The Morgan fingerprint density at radius 3 is 2.52 bits per heavy atom. The number of benzene rings is 1. The van der Waals surface area contributed by atoms with Crippen molar-refractivity contribution in [2.45, 2.75) is 59.0 Å². The zero-order valence-electron chi connectivity index (χ0n) is 15.9. The van der Waals surface area contributed by atoms with Crippen molar-refractivity contribution in [3.63, 3.8) is 0 Å². The molecular weight excluding hydrogens is 312 g/mol. The highest BCUT2D eigenvalue weighted by Crippen LogP contribution is 2.33. The number of aliphatic hydroxyl groups excluding tert-OH is 1. The Hall–Kier alpha value is -1.39. The molecule has 4 heteroatoms. The van der Waals surface area contributed by atoms with E-state index in [-0.39, 0.29) is 11.3 Å². The van der Waals surface area contributed by atoms with Crippen molar-refractivity contribution in [3.05, 3.63) is 29.3 Å². The molecule has 1 N–H and O–H groups in total. The number of piperidine rings is 1. The van der Waals surface area contributed by atoms with Gasteiger partial charge < -0.3 is 14.9 Å². The Morgan fingerprint density at radius 2 is 1.84 bits per heavy atom. The zero-order valence-corrected chi connectivity index (χ0v) is 15.9. The topological polar surface area (TPSA) is 43.8 Å². The fraction of sp³-hybridized carbons (Fsp3) is 0.667. The molecular formula is C21H32N2O2. The largest absolute Gasteiger partial charge is 0.387 e. The summed E-state index contributed by atoms with van der Waals surface area (Å²) in [4.78, 5) is 17.0. The number of likely N-dealkylation sites (tertiary alicyclic amines) is 1. The molecule has 0 radical (unpaired) electrons. The lowest BCUT2D eigenvalue weighted by atomic mass is 9.91. The first-order valence-electron chi connectivity index (χ1n) is 9.71. The summed E-state index contributed by atoms with van der Waals surface area (Å²) in [7, 11) is 0. The predicted octanol–water partition coefficient (Wildman–Crippen LogP) is 3.53. The van der Waals surface area contributed by atoms with Gasteiger partial charge in [0, 0.05) is 24.2 Å². The number of nitrogens with zero attached hydrogens (tertiary/aromatic N) is 2. The first kappa shape index (κ1) is 18.4. The number of aliphatic hydroxyl groups is 1. The monoisotopic (exact) mass is 344 g/mol. The van der Waals surface area contributed by atoms with Crippen molar-refractivity contribution in [2.24, 2.45) is 5.41 Å². The summed E-state index contributed by atoms with van der Waals surface area (Å²) in [6.45, 7) is 9.61. The van der Waals surface area contributed by atoms with Crippen molar-refractivity contribution in [3.8, 4) is 0 Å². The first-order chi connectivity index (χ1) is 11.9. The van der Waals surface area contributed by atoms with E-state index < -0.39 is 6.10 Å². The van der Waals surface area contributed by atoms with Crippen LogP contribution in [0.25, 0.3) is 0 Å². The lowest BCUT2D eigenvalue weighted by molar-refractivity contribution is -0.125. The zero-order chi connectivity index (χ0) is 18.0. The smallest absolute Gasteiger partial charge is 0.232 e. The van der Waals surface area contributed by atoms with Crippen LogP contribution >= 0.6 is 0 Å². The van der Waals surface area contributed by atoms with Crippen LogP contribution in [0.15, 0.2) is 18.2 Å². The van der Waals surface area contributed by atoms with Crippen LogP contribution in [-0.4, -0.2) is 42.1 Å². The van der Waals surface area contributed by atoms with Crippen molar-refractivity contribution in [1.82, 2.24) is 4.90 Å². The van der Waals surface area contributed by atoms with Crippen LogP contribution in [0.4, 0.5) is 5.69 Å². The number of hydrogen-bond donors (Lipinski definition) is 1. The first-order valence-corrected chi connectivity index (χ1v) is 9.71. The summed E-state index contributed by atoms with van der Waals surface area (Å²) >= 11 is 0. The predicted molar refractivity (Wildman–Crippen MR) is 102 cm³/mol. The molecule has 1 saturated heterocycles. The number of hydrogen-bond acceptors (Lipinski definition) is 3. The van der Waals surface area contributed by atoms with Gasteiger partial charge in [-0.1, -0.05) is 39.3 Å². The Morgan fingerprint density at radius 1 is 1.12 bits per heavy atom. The summed E-state index contributed by atoms with van der Waals surface area (Å²) < 4.78 is 0. The molecule has 2 heterocycles. The lowest BCUT2D eigenvalue weighted by Crippen LogP contribution is -2.42. The molecule has 3 rings (SSSR count). The summed E-state index contributed by atoms with van der Waals surface area (Å²) in [6, 6.07) is 6.15. The third-order valence-electron chi connectivity index (χ3n) is 5.37. The normalized spacial score (nSPS) is 20.2. The van der Waals surface area contributed by atoms with Crippen LogP contribution in [0.2, 0.25) is 0 Å². The molecule has 0 unspecified atom stereocenters. The molecule has 25 heavy (non-hydrogen) atoms. The Balaban J connectivity index is 1.76. The van der Waals surface area contributed by atoms with E-state index in [1.165, 1.54) is 24.8 Å². The van der Waals surface area contributed by atoms with Gasteiger partial charge >= 0.3 is 0 Å². The molecule has 2 aliphatic rings. The molecule has 1 atom stereocenters. The highest BCUT2D eigenvalue weighted by Gasteiger charge is 2.31. The van der Waals surface area contributed by atoms with Crippen LogP contribution in [0, 0.1) is 5.41 Å². The maximum Gasteiger partial charge on any atom is 0.232 e. The average molecular weight is 344 g/mol. The number of aryl methyl sites for hydroxylation is 1. The third-order valence-corrected chi connectivity index (χ3v) is 5.37. The fourth-order valence-corrected chi connectivity index (χ4v) is 3.93. The van der Waals surface area contributed by atoms with Gasteiger partial charge in [0.25, 0.3) is 0 Å². The maximum atomic E-state index is 12.7. The molecule has 138 valence electrons. The Labute approximate surface area is 151 Å². The van der Waals surface area contributed by atoms with Crippen LogP contribution in [0.1, 0.15) is 63.7 Å². The molecule has 0 aliphatic carbocycles. The summed E-state index contributed by atoms with van der Waals surface area (Å²) in [5, 5.41) is 10.7. The summed E-state index contributed by atoms with van der Waals surface area (Å²) in [6.07, 6.45) is 5.30. The van der Waals surface area contributed by atoms with Gasteiger partial charge in [-0.15, -0.1) is 0 Å². The van der Waals surface area contributed by atoms with Crippen molar-refractivity contribution >= 4 is 11.6 Å². The van der Waals surface area contributed by atoms with Crippen molar-refractivity contribution in [2.75, 3.05) is 31.1 Å². The van der Waals surface area contributed by atoms with Gasteiger partial charge in [-0.2, -0.15) is 0 Å². The van der Waals surface area contributed by atoms with E-state index in [0.29, 0.717) is 6.54 Å². The van der Waals surface area contributed by atoms with Crippen molar-refractivity contribution in [1.29, 1.82) is 0 Å². The highest BCUT2D eigenvalue weighted by atomic mass is 16.3. The molecule has 2 aliphatic heterocycles. The van der Waals surface area contributed by atoms with Gasteiger partial charge in [0.15, 0.2) is 0 Å². The quantitative estimate of drug-likeness (QED) is 0.912. The second kappa shape index (κ2) is 7.46. The van der Waals surface area contributed by atoms with E-state index in [1.807, 2.05) is 37.8 Å². The highest BCUT2D eigenvalue weighted by molar-refractivity contribution is 5.98. The van der Waals surface area contributed by atoms with Gasteiger partial charge in [0.1, 0.15) is 0 Å². The molecule has 1 fully saturated rings. The van der Waals surface area contributed by atoms with E-state index in [0.717, 1.165) is 43.7 Å². The van der Waals surface area contributed by atoms with E-state index in [4.69, 9.17) is 0 Å². The Kier molecular flexibility index (Phi) is 5.49. The number of anilines is 1. The van der Waals surface area contributed by atoms with Crippen LogP contribution in [0.5, 0.6) is 0 Å². The lowest BCUT2D eigenvalue weighted by Gasteiger charge is -2.35. The molecule has 1 aromatic rings. The van der Waals surface area contributed by atoms with Crippen LogP contribution in [-0.2, 0) is 11.2 Å². The van der Waals surface area contributed by atoms with E-state index in [1.54, 1.807) is 0 Å². The number of carbonyl (C=O) groups is 1. The van der Waals surface area contributed by atoms with Crippen molar-refractivity contribution < 1.29 is 9.90 Å². The number of carbonyl (C=O) groups excluding carboxylic acids is 1. The van der Waals surface area contributed by atoms with Gasteiger partial charge in [0.05, 0.1) is 6.10 Å². The summed E-state index contributed by atoms with van der Waals surface area (Å²) in [5.41, 5.74) is 2.83. The second-order valence-corrected chi connectivity index (χ2v) is 8.58. The van der Waals surface area contributed by atoms with Gasteiger partial charge in [0.2, 0.25) is 5.91 Å². The Bertz CT molecular complexity index is 615. The minimum atomic E-state index is -0.447. The minimum absolute atomic E-state index is 0.176. The van der Waals surface area contributed by atoms with Gasteiger partial charge in [-0.25, -0.2) is 0 Å². The molecule has 1 amide bonds. The molecule has 0 spiro atoms. The fourth-order valence-electron chi connectivity index (χ4n) is 3.93. The number of β-amino-alcohol motifs (C(OH)–C–C–N with tert-alkyl or cyclic N) is 1. The number of rotatable bonds is 3. The van der Waals surface area contributed by atoms with E-state index in [2.05, 4.69) is 11.0 Å². The van der Waals surface area contributed by atoms with E-state index in [9.17, 15) is 9.90 Å². The molecule has 0 bridgehead atoms. The van der Waals surface area contributed by atoms with Gasteiger partial charge in [-0.05, 0) is 56.0 Å². The molecule has 0 aromatic heterocycles. The van der Waals surface area contributed by atoms with Crippen LogP contribution in [0.3, 0.4) is 0 Å². The molecule has 0 saturated carbocycles. The van der Waals surface area contributed by atoms with Gasteiger partial charge in [-0.3, -0.25) is 4.79 Å². The van der Waals surface area contributed by atoms with E-state index >= 15 is 0 Å². The molecule has 1 aromatic carbocycles. The number of fused-ring (bicyclic) bond motifs is 1. The second-order valence-electron chi connectivity index (χ2n) is 8.58. The standard InChI is InChI=1S/C21H32N2O2/c1-21(2,3)20(25)23-13-7-8-16-14-17(9-10-18(16)23)19(24)15-22-11-5-4-6-12-22/h9-10,14,19,24H,4-8,11-13,15H2,1-3H3/t19-/m1/s1. The minimum Gasteiger partial charge on any atom is -0.387 e. The third kappa shape index (κ3) is 4.24.